The van der Waals surface area contributed by atoms with Gasteiger partial charge in [-0.3, -0.25) is 4.79 Å². The summed E-state index contributed by atoms with van der Waals surface area (Å²) in [5.41, 5.74) is 1.41. The number of hydrogen-bond donors (Lipinski definition) is 0. The van der Waals surface area contributed by atoms with Crippen molar-refractivity contribution in [1.29, 1.82) is 0 Å². The van der Waals surface area contributed by atoms with Gasteiger partial charge in [-0.05, 0) is 45.1 Å². The maximum absolute atomic E-state index is 12.7. The van der Waals surface area contributed by atoms with Crippen LogP contribution in [-0.4, -0.2) is 58.3 Å². The van der Waals surface area contributed by atoms with E-state index >= 15 is 0 Å². The van der Waals surface area contributed by atoms with Gasteiger partial charge in [0.1, 0.15) is 5.65 Å². The number of imidazole rings is 1. The zero-order valence-corrected chi connectivity index (χ0v) is 12.0. The minimum Gasteiger partial charge on any atom is -0.339 e. The Morgan fingerprint density at radius 2 is 2.10 bits per heavy atom. The van der Waals surface area contributed by atoms with E-state index in [-0.39, 0.29) is 5.91 Å². The Bertz CT molecular complexity index is 613. The minimum absolute atomic E-state index is 0.0661. The van der Waals surface area contributed by atoms with E-state index in [1.54, 1.807) is 6.20 Å². The van der Waals surface area contributed by atoms with Crippen molar-refractivity contribution in [2.24, 2.45) is 0 Å². The topological polar surface area (TPSA) is 40.9 Å². The van der Waals surface area contributed by atoms with Crippen molar-refractivity contribution < 1.29 is 4.79 Å². The molecule has 1 aliphatic heterocycles. The molecule has 20 heavy (non-hydrogen) atoms. The van der Waals surface area contributed by atoms with Crippen LogP contribution in [0.15, 0.2) is 30.7 Å². The summed E-state index contributed by atoms with van der Waals surface area (Å²) in [6.07, 6.45) is 7.57. The zero-order chi connectivity index (χ0) is 14.1. The van der Waals surface area contributed by atoms with Gasteiger partial charge in [-0.1, -0.05) is 0 Å². The first-order chi connectivity index (χ1) is 9.66. The fourth-order valence-electron chi connectivity index (χ4n) is 2.85. The minimum atomic E-state index is 0.0661. The molecule has 106 valence electrons. The molecular formula is C15H20N4O. The number of pyridine rings is 1. The lowest BCUT2D eigenvalue weighted by Gasteiger charge is -2.35. The van der Waals surface area contributed by atoms with Crippen LogP contribution >= 0.6 is 0 Å². The van der Waals surface area contributed by atoms with E-state index in [1.807, 2.05) is 40.9 Å². The molecule has 0 bridgehead atoms. The quantitative estimate of drug-likeness (QED) is 0.832. The summed E-state index contributed by atoms with van der Waals surface area (Å²) in [4.78, 5) is 21.2. The molecule has 2 aromatic heterocycles. The van der Waals surface area contributed by atoms with Crippen molar-refractivity contribution in [2.45, 2.75) is 18.9 Å². The standard InChI is InChI=1S/C15H20N4O/c1-17-9-5-12(6-10-17)18(2)15(20)13-4-3-8-19-11-7-16-14(13)19/h3-4,7-8,11-12H,5-6,9-10H2,1-2H3. The molecule has 5 nitrogen and oxygen atoms in total. The van der Waals surface area contributed by atoms with Gasteiger partial charge < -0.3 is 14.2 Å². The third-order valence-corrected chi connectivity index (χ3v) is 4.21. The second-order valence-corrected chi connectivity index (χ2v) is 5.53. The number of fused-ring (bicyclic) bond motifs is 1. The largest absolute Gasteiger partial charge is 0.339 e. The summed E-state index contributed by atoms with van der Waals surface area (Å²) in [7, 11) is 4.04. The van der Waals surface area contributed by atoms with E-state index in [1.165, 1.54) is 0 Å². The van der Waals surface area contributed by atoms with E-state index < -0.39 is 0 Å². The van der Waals surface area contributed by atoms with Crippen LogP contribution in [0.5, 0.6) is 0 Å². The normalized spacial score (nSPS) is 17.5. The second-order valence-electron chi connectivity index (χ2n) is 5.53. The molecule has 3 heterocycles. The highest BCUT2D eigenvalue weighted by atomic mass is 16.2. The van der Waals surface area contributed by atoms with E-state index in [9.17, 15) is 4.79 Å². The predicted octanol–water partition coefficient (Wildman–Crippen LogP) is 1.50. The van der Waals surface area contributed by atoms with Crippen molar-refractivity contribution in [3.8, 4) is 0 Å². The zero-order valence-electron chi connectivity index (χ0n) is 12.0. The first-order valence-electron chi connectivity index (χ1n) is 7.04. The number of aromatic nitrogens is 2. The number of rotatable bonds is 2. The summed E-state index contributed by atoms with van der Waals surface area (Å²) < 4.78 is 1.88. The van der Waals surface area contributed by atoms with E-state index in [2.05, 4.69) is 16.9 Å². The van der Waals surface area contributed by atoms with Gasteiger partial charge in [-0.15, -0.1) is 0 Å². The number of hydrogen-bond acceptors (Lipinski definition) is 3. The SMILES string of the molecule is CN1CCC(N(C)C(=O)c2cccn3ccnc23)CC1. The summed E-state index contributed by atoms with van der Waals surface area (Å²) >= 11 is 0. The Morgan fingerprint density at radius 1 is 1.35 bits per heavy atom. The molecule has 0 atom stereocenters. The van der Waals surface area contributed by atoms with Crippen LogP contribution in [0.3, 0.4) is 0 Å². The van der Waals surface area contributed by atoms with Crippen LogP contribution in [0.2, 0.25) is 0 Å². The van der Waals surface area contributed by atoms with Gasteiger partial charge >= 0.3 is 0 Å². The van der Waals surface area contributed by atoms with E-state index in [4.69, 9.17) is 0 Å². The first-order valence-corrected chi connectivity index (χ1v) is 7.04. The van der Waals surface area contributed by atoms with Gasteiger partial charge in [-0.2, -0.15) is 0 Å². The molecule has 0 aromatic carbocycles. The number of carbonyl (C=O) groups excluding carboxylic acids is 1. The molecule has 0 saturated carbocycles. The third-order valence-electron chi connectivity index (χ3n) is 4.21. The summed E-state index contributed by atoms with van der Waals surface area (Å²) in [6, 6.07) is 4.08. The first kappa shape index (κ1) is 13.1. The highest BCUT2D eigenvalue weighted by molar-refractivity contribution is 5.99. The Balaban J connectivity index is 1.83. The van der Waals surface area contributed by atoms with Crippen molar-refractivity contribution in [3.05, 3.63) is 36.3 Å². The summed E-state index contributed by atoms with van der Waals surface area (Å²) in [6.45, 7) is 2.10. The van der Waals surface area contributed by atoms with E-state index in [0.717, 1.165) is 31.6 Å². The number of carbonyl (C=O) groups is 1. The molecule has 2 aromatic rings. The van der Waals surface area contributed by atoms with Crippen LogP contribution in [0, 0.1) is 0 Å². The number of nitrogens with zero attached hydrogens (tertiary/aromatic N) is 4. The van der Waals surface area contributed by atoms with Crippen LogP contribution in [0.4, 0.5) is 0 Å². The van der Waals surface area contributed by atoms with Crippen molar-refractivity contribution in [3.63, 3.8) is 0 Å². The monoisotopic (exact) mass is 272 g/mol. The molecule has 1 fully saturated rings. The van der Waals surface area contributed by atoms with Gasteiger partial charge in [0.15, 0.2) is 0 Å². The lowest BCUT2D eigenvalue weighted by Crippen LogP contribution is -2.44. The molecule has 0 aliphatic carbocycles. The molecule has 3 rings (SSSR count). The molecule has 1 amide bonds. The molecule has 0 N–H and O–H groups in total. The fourth-order valence-corrected chi connectivity index (χ4v) is 2.85. The second kappa shape index (κ2) is 5.25. The lowest BCUT2D eigenvalue weighted by atomic mass is 10.0. The van der Waals surface area contributed by atoms with Crippen molar-refractivity contribution in [1.82, 2.24) is 19.2 Å². The maximum Gasteiger partial charge on any atom is 0.257 e. The molecule has 1 aliphatic rings. The fraction of sp³-hybridized carbons (Fsp3) is 0.467. The molecule has 1 saturated heterocycles. The lowest BCUT2D eigenvalue weighted by molar-refractivity contribution is 0.0661. The highest BCUT2D eigenvalue weighted by Gasteiger charge is 2.25. The average Bonchev–Trinajstić information content (AvgIpc) is 2.95. The Labute approximate surface area is 118 Å². The summed E-state index contributed by atoms with van der Waals surface area (Å²) in [5.74, 6) is 0.0661. The number of likely N-dealkylation sites (tertiary alicyclic amines) is 1. The van der Waals surface area contributed by atoms with Crippen LogP contribution in [0.25, 0.3) is 5.65 Å². The van der Waals surface area contributed by atoms with Gasteiger partial charge in [-0.25, -0.2) is 4.98 Å². The highest BCUT2D eigenvalue weighted by Crippen LogP contribution is 2.18. The molecule has 5 heteroatoms. The molecule has 0 spiro atoms. The van der Waals surface area contributed by atoms with Gasteiger partial charge in [0.05, 0.1) is 5.56 Å². The predicted molar refractivity (Wildman–Crippen MR) is 77.8 cm³/mol. The Hall–Kier alpha value is -1.88. The number of amides is 1. The molecule has 0 unspecified atom stereocenters. The number of piperidine rings is 1. The van der Waals surface area contributed by atoms with Crippen LogP contribution in [0.1, 0.15) is 23.2 Å². The Kier molecular flexibility index (Phi) is 3.44. The summed E-state index contributed by atoms with van der Waals surface area (Å²) in [5, 5.41) is 0. The van der Waals surface area contributed by atoms with Crippen LogP contribution in [-0.2, 0) is 0 Å². The Morgan fingerprint density at radius 3 is 2.85 bits per heavy atom. The maximum atomic E-state index is 12.7. The van der Waals surface area contributed by atoms with Gasteiger partial charge in [0.25, 0.3) is 5.91 Å². The average molecular weight is 272 g/mol. The van der Waals surface area contributed by atoms with Crippen molar-refractivity contribution >= 4 is 11.6 Å². The molecular weight excluding hydrogens is 252 g/mol. The van der Waals surface area contributed by atoms with Gasteiger partial charge in [0, 0.05) is 31.7 Å². The van der Waals surface area contributed by atoms with Gasteiger partial charge in [0.2, 0.25) is 0 Å². The van der Waals surface area contributed by atoms with Crippen molar-refractivity contribution in [2.75, 3.05) is 27.2 Å². The third kappa shape index (κ3) is 2.29. The van der Waals surface area contributed by atoms with Crippen LogP contribution < -0.4 is 0 Å². The smallest absolute Gasteiger partial charge is 0.257 e. The van der Waals surface area contributed by atoms with E-state index in [0.29, 0.717) is 11.6 Å². The molecule has 0 radical (unpaired) electrons.